The number of hydrogen-bond donors (Lipinski definition) is 0. The maximum Gasteiger partial charge on any atom is 0.113 e. The first-order valence-corrected chi connectivity index (χ1v) is 15.2. The van der Waals surface area contributed by atoms with Crippen LogP contribution in [0.15, 0.2) is 122 Å². The molecule has 0 atom stereocenters. The summed E-state index contributed by atoms with van der Waals surface area (Å²) in [5.74, 6) is 0. The predicted octanol–water partition coefficient (Wildman–Crippen LogP) is 8.52. The van der Waals surface area contributed by atoms with Crippen LogP contribution < -0.4 is 0 Å². The Balaban J connectivity index is 1.44. The minimum Gasteiger partial charge on any atom is -0.310 e. The average molecular weight is 569 g/mol. The first kappa shape index (κ1) is 24.9. The van der Waals surface area contributed by atoms with Gasteiger partial charge in [0, 0.05) is 46.6 Å². The molecule has 0 spiro atoms. The monoisotopic (exact) mass is 568 g/mol. The summed E-state index contributed by atoms with van der Waals surface area (Å²) >= 11 is 0. The van der Waals surface area contributed by atoms with Crippen molar-refractivity contribution in [2.24, 2.45) is 0 Å². The van der Waals surface area contributed by atoms with Gasteiger partial charge >= 0.3 is 0 Å². The van der Waals surface area contributed by atoms with Gasteiger partial charge in [-0.25, -0.2) is 0 Å². The normalized spacial score (nSPS) is 13.1. The van der Waals surface area contributed by atoms with Gasteiger partial charge in [-0.2, -0.15) is 0 Å². The molecular weight excluding hydrogens is 540 g/mol. The van der Waals surface area contributed by atoms with E-state index in [9.17, 15) is 0 Å². The van der Waals surface area contributed by atoms with E-state index in [1.165, 1.54) is 45.8 Å². The van der Waals surface area contributed by atoms with Gasteiger partial charge in [-0.3, -0.25) is 19.9 Å². The zero-order valence-electron chi connectivity index (χ0n) is 24.1. The molecular formula is C38H28N6. The molecule has 1 aliphatic carbocycles. The van der Waals surface area contributed by atoms with Gasteiger partial charge in [0.25, 0.3) is 0 Å². The molecule has 6 heterocycles. The second kappa shape index (κ2) is 9.99. The molecule has 6 heteroatoms. The quantitative estimate of drug-likeness (QED) is 0.214. The Morgan fingerprint density at radius 1 is 0.477 bits per heavy atom. The van der Waals surface area contributed by atoms with Crippen molar-refractivity contribution in [2.75, 3.05) is 0 Å². The molecule has 8 aromatic rings. The molecule has 44 heavy (non-hydrogen) atoms. The van der Waals surface area contributed by atoms with Gasteiger partial charge in [-0.1, -0.05) is 36.4 Å². The van der Waals surface area contributed by atoms with E-state index in [1.54, 1.807) is 0 Å². The average Bonchev–Trinajstić information content (AvgIpc) is 3.62. The number of rotatable bonds is 4. The molecule has 2 aromatic carbocycles. The summed E-state index contributed by atoms with van der Waals surface area (Å²) in [6, 6.07) is 33.8. The number of pyridine rings is 4. The minimum atomic E-state index is 0.851. The van der Waals surface area contributed by atoms with Crippen molar-refractivity contribution in [3.05, 3.63) is 133 Å². The Morgan fingerprint density at radius 3 is 1.82 bits per heavy atom. The van der Waals surface area contributed by atoms with Crippen molar-refractivity contribution in [3.63, 3.8) is 0 Å². The molecule has 210 valence electrons. The highest BCUT2D eigenvalue weighted by atomic mass is 15.0. The molecule has 1 aliphatic rings. The van der Waals surface area contributed by atoms with Crippen LogP contribution >= 0.6 is 0 Å². The third kappa shape index (κ3) is 3.67. The number of aromatic nitrogens is 6. The van der Waals surface area contributed by atoms with E-state index in [-0.39, 0.29) is 0 Å². The molecule has 0 radical (unpaired) electrons. The van der Waals surface area contributed by atoms with Crippen molar-refractivity contribution in [2.45, 2.75) is 25.7 Å². The second-order valence-electron chi connectivity index (χ2n) is 11.3. The van der Waals surface area contributed by atoms with E-state index < -0.39 is 0 Å². The SMILES string of the molecule is c1ccc(-c2ncccc2-n2c3c(c4ccc5c(c6ccccc6n5-c5cccnc5-c5ccccn5)c42)CCCC3)nc1. The summed E-state index contributed by atoms with van der Waals surface area (Å²) in [6.07, 6.45) is 11.9. The van der Waals surface area contributed by atoms with Crippen LogP contribution in [0.3, 0.4) is 0 Å². The molecule has 0 bridgehead atoms. The Labute approximate surface area is 254 Å². The van der Waals surface area contributed by atoms with Crippen LogP contribution in [0.1, 0.15) is 24.1 Å². The van der Waals surface area contributed by atoms with E-state index >= 15 is 0 Å². The number of hydrogen-bond acceptors (Lipinski definition) is 4. The largest absolute Gasteiger partial charge is 0.310 e. The van der Waals surface area contributed by atoms with Crippen LogP contribution in [0.4, 0.5) is 0 Å². The maximum atomic E-state index is 4.90. The molecule has 9 rings (SSSR count). The molecule has 0 saturated heterocycles. The van der Waals surface area contributed by atoms with Gasteiger partial charge in [0.1, 0.15) is 11.4 Å². The summed E-state index contributed by atoms with van der Waals surface area (Å²) in [5, 5.41) is 3.77. The predicted molar refractivity (Wildman–Crippen MR) is 176 cm³/mol. The Bertz CT molecular complexity index is 2330. The van der Waals surface area contributed by atoms with E-state index in [2.05, 4.69) is 62.6 Å². The second-order valence-corrected chi connectivity index (χ2v) is 11.3. The molecule has 6 nitrogen and oxygen atoms in total. The lowest BCUT2D eigenvalue weighted by molar-refractivity contribution is 0.667. The number of nitrogens with zero attached hydrogens (tertiary/aromatic N) is 6. The zero-order valence-corrected chi connectivity index (χ0v) is 24.1. The van der Waals surface area contributed by atoms with E-state index in [1.807, 2.05) is 73.3 Å². The Morgan fingerprint density at radius 2 is 1.11 bits per heavy atom. The van der Waals surface area contributed by atoms with Crippen molar-refractivity contribution in [3.8, 4) is 34.2 Å². The lowest BCUT2D eigenvalue weighted by Gasteiger charge is -2.18. The third-order valence-corrected chi connectivity index (χ3v) is 8.94. The number of para-hydroxylation sites is 1. The van der Waals surface area contributed by atoms with Crippen molar-refractivity contribution in [1.82, 2.24) is 29.1 Å². The molecule has 0 unspecified atom stereocenters. The van der Waals surface area contributed by atoms with Crippen LogP contribution in [-0.4, -0.2) is 29.1 Å². The minimum absolute atomic E-state index is 0.851. The number of fused-ring (bicyclic) bond motifs is 7. The molecule has 6 aromatic heterocycles. The molecule has 0 aliphatic heterocycles. The van der Waals surface area contributed by atoms with Gasteiger partial charge in [-0.15, -0.1) is 0 Å². The van der Waals surface area contributed by atoms with Gasteiger partial charge < -0.3 is 9.13 Å². The fraction of sp³-hybridized carbons (Fsp3) is 0.105. The summed E-state index contributed by atoms with van der Waals surface area (Å²) < 4.78 is 4.86. The number of aryl methyl sites for hydroxylation is 1. The van der Waals surface area contributed by atoms with Crippen LogP contribution in [0.2, 0.25) is 0 Å². The van der Waals surface area contributed by atoms with Crippen LogP contribution in [-0.2, 0) is 12.8 Å². The highest BCUT2D eigenvalue weighted by Crippen LogP contribution is 2.44. The molecule has 0 amide bonds. The van der Waals surface area contributed by atoms with Gasteiger partial charge in [0.15, 0.2) is 0 Å². The smallest absolute Gasteiger partial charge is 0.113 e. The summed E-state index contributed by atoms with van der Waals surface area (Å²) in [5.41, 5.74) is 11.9. The highest BCUT2D eigenvalue weighted by molar-refractivity contribution is 6.21. The van der Waals surface area contributed by atoms with Crippen LogP contribution in [0, 0.1) is 0 Å². The van der Waals surface area contributed by atoms with Crippen LogP contribution in [0.5, 0.6) is 0 Å². The Kier molecular flexibility index (Phi) is 5.66. The summed E-state index contributed by atoms with van der Waals surface area (Å²) in [6.45, 7) is 0. The lowest BCUT2D eigenvalue weighted by atomic mass is 9.95. The molecule has 0 fully saturated rings. The van der Waals surface area contributed by atoms with Crippen molar-refractivity contribution >= 4 is 32.7 Å². The first-order valence-electron chi connectivity index (χ1n) is 15.2. The van der Waals surface area contributed by atoms with E-state index in [4.69, 9.17) is 15.0 Å². The zero-order chi connectivity index (χ0) is 29.0. The summed E-state index contributed by atoms with van der Waals surface area (Å²) in [4.78, 5) is 19.1. The Hall–Kier alpha value is -5.62. The van der Waals surface area contributed by atoms with Crippen LogP contribution in [0.25, 0.3) is 66.9 Å². The third-order valence-electron chi connectivity index (χ3n) is 8.94. The van der Waals surface area contributed by atoms with Gasteiger partial charge in [-0.05, 0) is 91.9 Å². The van der Waals surface area contributed by atoms with Crippen molar-refractivity contribution < 1.29 is 0 Å². The number of benzene rings is 2. The molecule has 0 saturated carbocycles. The molecule has 0 N–H and O–H groups in total. The fourth-order valence-electron chi connectivity index (χ4n) is 7.16. The lowest BCUT2D eigenvalue weighted by Crippen LogP contribution is -2.08. The fourth-order valence-corrected chi connectivity index (χ4v) is 7.16. The summed E-state index contributed by atoms with van der Waals surface area (Å²) in [7, 11) is 0. The van der Waals surface area contributed by atoms with E-state index in [0.29, 0.717) is 0 Å². The topological polar surface area (TPSA) is 61.4 Å². The van der Waals surface area contributed by atoms with Gasteiger partial charge in [0.05, 0.1) is 39.3 Å². The van der Waals surface area contributed by atoms with E-state index in [0.717, 1.165) is 58.0 Å². The first-order chi connectivity index (χ1) is 21.9. The maximum absolute atomic E-state index is 4.90. The highest BCUT2D eigenvalue weighted by Gasteiger charge is 2.27. The van der Waals surface area contributed by atoms with Crippen molar-refractivity contribution in [1.29, 1.82) is 0 Å². The standard InChI is InChI=1S/C38H28N6/c1-3-15-30-25(11-1)26-19-20-32-35(38(26)44(30)34-18-10-24-42-37(34)29-14-6-8-22-40-29)27-12-2-4-16-31(27)43(32)33-17-9-23-41-36(33)28-13-5-7-21-39-28/h2,4-10,12-14,16-24H,1,3,11,15H2. The van der Waals surface area contributed by atoms with Gasteiger partial charge in [0.2, 0.25) is 0 Å².